The molecule has 11 heteroatoms. The lowest BCUT2D eigenvalue weighted by Crippen LogP contribution is -2.41. The Labute approximate surface area is 195 Å². The number of hydrogen-bond acceptors (Lipinski definition) is 6. The van der Waals surface area contributed by atoms with E-state index in [0.717, 1.165) is 10.8 Å². The van der Waals surface area contributed by atoms with E-state index in [2.05, 4.69) is 25.9 Å². The molecule has 9 nitrogen and oxygen atoms in total. The van der Waals surface area contributed by atoms with Crippen LogP contribution in [0.2, 0.25) is 0 Å². The van der Waals surface area contributed by atoms with E-state index in [0.29, 0.717) is 18.4 Å². The molecule has 0 saturated carbocycles. The molecule has 0 aliphatic carbocycles. The Balaban J connectivity index is 1.25. The number of sulfonamides is 1. The Morgan fingerprint density at radius 1 is 1.03 bits per heavy atom. The molecular weight excluding hydrogens is 459 g/mol. The molecular formula is C23H21FN6O3S. The molecule has 0 atom stereocenters. The summed E-state index contributed by atoms with van der Waals surface area (Å²) in [6, 6.07) is 16.7. The monoisotopic (exact) mass is 480 g/mol. The van der Waals surface area contributed by atoms with Crippen LogP contribution in [0.25, 0.3) is 22.2 Å². The summed E-state index contributed by atoms with van der Waals surface area (Å²) >= 11 is 0. The number of nitrogens with one attached hydrogen (secondary N) is 2. The fourth-order valence-electron chi connectivity index (χ4n) is 4.15. The minimum absolute atomic E-state index is 0.210. The van der Waals surface area contributed by atoms with Crippen LogP contribution < -0.4 is 5.32 Å². The number of piperidine rings is 1. The van der Waals surface area contributed by atoms with Gasteiger partial charge in [0.05, 0.1) is 4.90 Å². The van der Waals surface area contributed by atoms with Gasteiger partial charge in [0.1, 0.15) is 5.82 Å². The van der Waals surface area contributed by atoms with E-state index in [-0.39, 0.29) is 41.3 Å². The number of H-pyrrole nitrogens is 1. The maximum atomic E-state index is 14.0. The largest absolute Gasteiger partial charge is 0.326 e. The highest BCUT2D eigenvalue weighted by Gasteiger charge is 2.32. The van der Waals surface area contributed by atoms with Crippen molar-refractivity contribution in [3.8, 4) is 11.4 Å². The average Bonchev–Trinajstić information content (AvgIpc) is 3.39. The van der Waals surface area contributed by atoms with E-state index < -0.39 is 15.8 Å². The minimum atomic E-state index is -3.67. The van der Waals surface area contributed by atoms with Gasteiger partial charge in [-0.3, -0.25) is 4.79 Å². The van der Waals surface area contributed by atoms with Crippen LogP contribution in [0.1, 0.15) is 12.8 Å². The maximum absolute atomic E-state index is 14.0. The zero-order valence-electron chi connectivity index (χ0n) is 18.0. The van der Waals surface area contributed by atoms with Crippen molar-refractivity contribution in [1.29, 1.82) is 0 Å². The van der Waals surface area contributed by atoms with E-state index in [1.807, 2.05) is 24.3 Å². The minimum Gasteiger partial charge on any atom is -0.326 e. The number of benzene rings is 3. The van der Waals surface area contributed by atoms with E-state index in [1.165, 1.54) is 16.4 Å². The van der Waals surface area contributed by atoms with Crippen molar-refractivity contribution in [2.45, 2.75) is 17.7 Å². The first kappa shape index (κ1) is 22.1. The molecule has 1 saturated heterocycles. The Kier molecular flexibility index (Phi) is 5.80. The van der Waals surface area contributed by atoms with Gasteiger partial charge in [-0.2, -0.15) is 9.52 Å². The molecule has 4 aromatic rings. The molecule has 3 aromatic carbocycles. The summed E-state index contributed by atoms with van der Waals surface area (Å²) < 4.78 is 41.8. The first-order chi connectivity index (χ1) is 16.4. The number of tetrazole rings is 1. The second-order valence-electron chi connectivity index (χ2n) is 8.14. The molecule has 0 unspecified atom stereocenters. The van der Waals surface area contributed by atoms with Crippen LogP contribution in [0.4, 0.5) is 10.1 Å². The van der Waals surface area contributed by atoms with E-state index in [4.69, 9.17) is 0 Å². The van der Waals surface area contributed by atoms with Crippen molar-refractivity contribution in [2.24, 2.45) is 5.92 Å². The van der Waals surface area contributed by atoms with E-state index >= 15 is 0 Å². The molecule has 174 valence electrons. The SMILES string of the molecule is O=C(Nc1cc(F)cc(-c2nn[nH]n2)c1)C1CCN(S(=O)(=O)c2ccc3ccccc3c2)CC1. The predicted molar refractivity (Wildman–Crippen MR) is 124 cm³/mol. The summed E-state index contributed by atoms with van der Waals surface area (Å²) in [5, 5.41) is 18.0. The van der Waals surface area contributed by atoms with Gasteiger partial charge in [-0.15, -0.1) is 10.2 Å². The van der Waals surface area contributed by atoms with Crippen LogP contribution >= 0.6 is 0 Å². The fraction of sp³-hybridized carbons (Fsp3) is 0.217. The Bertz CT molecular complexity index is 1450. The molecule has 34 heavy (non-hydrogen) atoms. The number of fused-ring (bicyclic) bond motifs is 1. The lowest BCUT2D eigenvalue weighted by atomic mass is 9.97. The number of aromatic nitrogens is 4. The van der Waals surface area contributed by atoms with Crippen LogP contribution in [0, 0.1) is 11.7 Å². The van der Waals surface area contributed by atoms with Crippen molar-refractivity contribution in [3.05, 3.63) is 66.5 Å². The Morgan fingerprint density at radius 3 is 2.53 bits per heavy atom. The molecule has 5 rings (SSSR count). The quantitative estimate of drug-likeness (QED) is 0.453. The molecule has 1 aliphatic heterocycles. The molecule has 1 aromatic heterocycles. The molecule has 1 fully saturated rings. The first-order valence-corrected chi connectivity index (χ1v) is 12.2. The number of anilines is 1. The van der Waals surface area contributed by atoms with E-state index in [9.17, 15) is 17.6 Å². The summed E-state index contributed by atoms with van der Waals surface area (Å²) in [6.45, 7) is 0.453. The van der Waals surface area contributed by atoms with Crippen LogP contribution in [-0.2, 0) is 14.8 Å². The van der Waals surface area contributed by atoms with Gasteiger partial charge < -0.3 is 5.32 Å². The Morgan fingerprint density at radius 2 is 1.79 bits per heavy atom. The number of carbonyl (C=O) groups is 1. The van der Waals surface area contributed by atoms with Crippen molar-refractivity contribution in [2.75, 3.05) is 18.4 Å². The van der Waals surface area contributed by atoms with Crippen LogP contribution in [0.5, 0.6) is 0 Å². The van der Waals surface area contributed by atoms with Crippen LogP contribution in [-0.4, -0.2) is 52.3 Å². The van der Waals surface area contributed by atoms with Crippen LogP contribution in [0.3, 0.4) is 0 Å². The lowest BCUT2D eigenvalue weighted by molar-refractivity contribution is -0.120. The van der Waals surface area contributed by atoms with E-state index in [1.54, 1.807) is 24.3 Å². The molecule has 2 heterocycles. The highest BCUT2D eigenvalue weighted by atomic mass is 32.2. The third-order valence-electron chi connectivity index (χ3n) is 5.95. The van der Waals surface area contributed by atoms with Gasteiger partial charge in [0, 0.05) is 30.3 Å². The third kappa shape index (κ3) is 4.39. The third-order valence-corrected chi connectivity index (χ3v) is 7.85. The standard InChI is InChI=1S/C23H21FN6O3S/c24-19-11-18(22-26-28-29-27-22)12-20(14-19)25-23(31)16-7-9-30(10-8-16)34(32,33)21-6-5-15-3-1-2-4-17(15)13-21/h1-6,11-14,16H,7-10H2,(H,25,31)(H,26,27,28,29). The van der Waals surface area contributed by atoms with Gasteiger partial charge in [0.25, 0.3) is 0 Å². The summed E-state index contributed by atoms with van der Waals surface area (Å²) in [4.78, 5) is 13.0. The second-order valence-corrected chi connectivity index (χ2v) is 10.1. The summed E-state index contributed by atoms with van der Waals surface area (Å²) in [7, 11) is -3.67. The van der Waals surface area contributed by atoms with Gasteiger partial charge >= 0.3 is 0 Å². The molecule has 1 aliphatic rings. The lowest BCUT2D eigenvalue weighted by Gasteiger charge is -2.30. The number of aromatic amines is 1. The molecule has 0 spiro atoms. The normalized spacial score (nSPS) is 15.4. The molecule has 0 bridgehead atoms. The van der Waals surface area contributed by atoms with Gasteiger partial charge in [-0.25, -0.2) is 12.8 Å². The average molecular weight is 481 g/mol. The zero-order valence-corrected chi connectivity index (χ0v) is 18.8. The number of nitrogens with zero attached hydrogens (tertiary/aromatic N) is 4. The molecule has 2 N–H and O–H groups in total. The second kappa shape index (κ2) is 8.92. The van der Waals surface area contributed by atoms with Gasteiger partial charge in [0.2, 0.25) is 21.8 Å². The van der Waals surface area contributed by atoms with Crippen LogP contribution in [0.15, 0.2) is 65.6 Å². The van der Waals surface area contributed by atoms with Gasteiger partial charge in [-0.1, -0.05) is 30.3 Å². The van der Waals surface area contributed by atoms with Crippen molar-refractivity contribution >= 4 is 32.4 Å². The number of amides is 1. The highest BCUT2D eigenvalue weighted by Crippen LogP contribution is 2.28. The summed E-state index contributed by atoms with van der Waals surface area (Å²) in [6.07, 6.45) is 0.733. The van der Waals surface area contributed by atoms with Crippen molar-refractivity contribution < 1.29 is 17.6 Å². The molecule has 1 amide bonds. The fourth-order valence-corrected chi connectivity index (χ4v) is 5.66. The number of halogens is 1. The van der Waals surface area contributed by atoms with Crippen molar-refractivity contribution in [1.82, 2.24) is 24.9 Å². The molecule has 0 radical (unpaired) electrons. The zero-order chi connectivity index (χ0) is 23.7. The summed E-state index contributed by atoms with van der Waals surface area (Å²) in [5.41, 5.74) is 0.649. The highest BCUT2D eigenvalue weighted by molar-refractivity contribution is 7.89. The number of carbonyl (C=O) groups excluding carboxylic acids is 1. The smallest absolute Gasteiger partial charge is 0.243 e. The first-order valence-electron chi connectivity index (χ1n) is 10.7. The predicted octanol–water partition coefficient (Wildman–Crippen LogP) is 3.20. The Hall–Kier alpha value is -3.70. The van der Waals surface area contributed by atoms with Gasteiger partial charge in [-0.05, 0) is 59.2 Å². The van der Waals surface area contributed by atoms with Gasteiger partial charge in [0.15, 0.2) is 0 Å². The number of rotatable bonds is 5. The number of hydrogen-bond donors (Lipinski definition) is 2. The summed E-state index contributed by atoms with van der Waals surface area (Å²) in [5.74, 6) is -1.01. The maximum Gasteiger partial charge on any atom is 0.243 e. The topological polar surface area (TPSA) is 121 Å². The van der Waals surface area contributed by atoms with Crippen molar-refractivity contribution in [3.63, 3.8) is 0 Å².